The number of methoxy groups -OCH3 is 1. The third-order valence-electron chi connectivity index (χ3n) is 2.08. The molecule has 0 radical (unpaired) electrons. The summed E-state index contributed by atoms with van der Waals surface area (Å²) in [4.78, 5) is 0.0766. The molecule has 0 aliphatic carbocycles. The number of hydrogen-bond donors (Lipinski definition) is 1. The van der Waals surface area contributed by atoms with E-state index in [-0.39, 0.29) is 18.1 Å². The minimum Gasteiger partial charge on any atom is -0.388 e. The molecule has 0 spiro atoms. The Balaban J connectivity index is 2.66. The van der Waals surface area contributed by atoms with Gasteiger partial charge in [0, 0.05) is 7.11 Å². The largest absolute Gasteiger partial charge is 0.388 e. The molecule has 5 nitrogen and oxygen atoms in total. The molecule has 0 aromatic heterocycles. The molecule has 0 saturated carbocycles. The molecule has 0 fully saturated rings. The van der Waals surface area contributed by atoms with Crippen LogP contribution in [0.4, 0.5) is 0 Å². The summed E-state index contributed by atoms with van der Waals surface area (Å²) in [5.74, 6) is 0. The van der Waals surface area contributed by atoms with Gasteiger partial charge in [-0.15, -0.1) is 0 Å². The molecular formula is C11H16O5S. The van der Waals surface area contributed by atoms with Gasteiger partial charge in [0.25, 0.3) is 10.1 Å². The number of aliphatic hydroxyl groups excluding tert-OH is 1. The lowest BCUT2D eigenvalue weighted by Gasteiger charge is -2.10. The van der Waals surface area contributed by atoms with Gasteiger partial charge in [-0.3, -0.25) is 4.18 Å². The van der Waals surface area contributed by atoms with Gasteiger partial charge in [-0.05, 0) is 19.1 Å². The van der Waals surface area contributed by atoms with E-state index in [0.29, 0.717) is 0 Å². The van der Waals surface area contributed by atoms with Crippen molar-refractivity contribution in [1.29, 1.82) is 0 Å². The molecule has 17 heavy (non-hydrogen) atoms. The Morgan fingerprint density at radius 2 is 1.82 bits per heavy atom. The van der Waals surface area contributed by atoms with Crippen molar-refractivity contribution in [3.63, 3.8) is 0 Å². The molecule has 1 aromatic carbocycles. The van der Waals surface area contributed by atoms with Crippen molar-refractivity contribution in [2.75, 3.05) is 20.3 Å². The summed E-state index contributed by atoms with van der Waals surface area (Å²) in [5, 5.41) is 9.29. The molecule has 0 heterocycles. The van der Waals surface area contributed by atoms with Crippen LogP contribution >= 0.6 is 0 Å². The van der Waals surface area contributed by atoms with E-state index in [4.69, 9.17) is 4.18 Å². The number of aliphatic hydroxyl groups is 1. The van der Waals surface area contributed by atoms with Gasteiger partial charge in [-0.2, -0.15) is 8.42 Å². The summed E-state index contributed by atoms with van der Waals surface area (Å²) in [6.45, 7) is 1.58. The van der Waals surface area contributed by atoms with Crippen LogP contribution in [0.1, 0.15) is 5.56 Å². The Labute approximate surface area is 101 Å². The average Bonchev–Trinajstić information content (AvgIpc) is 2.28. The number of benzene rings is 1. The molecule has 0 aliphatic heterocycles. The van der Waals surface area contributed by atoms with Gasteiger partial charge in [0.2, 0.25) is 0 Å². The summed E-state index contributed by atoms with van der Waals surface area (Å²) < 4.78 is 32.7. The Kier molecular flexibility index (Phi) is 5.07. The molecule has 1 N–H and O–H groups in total. The lowest BCUT2D eigenvalue weighted by Crippen LogP contribution is -2.23. The van der Waals surface area contributed by atoms with Gasteiger partial charge in [0.1, 0.15) is 6.10 Å². The second-order valence-corrected chi connectivity index (χ2v) is 5.28. The zero-order valence-corrected chi connectivity index (χ0v) is 10.6. The summed E-state index contributed by atoms with van der Waals surface area (Å²) in [7, 11) is -2.39. The van der Waals surface area contributed by atoms with E-state index in [1.807, 2.05) is 6.92 Å². The van der Waals surface area contributed by atoms with E-state index in [9.17, 15) is 13.5 Å². The Morgan fingerprint density at radius 1 is 1.24 bits per heavy atom. The third-order valence-corrected chi connectivity index (χ3v) is 3.38. The van der Waals surface area contributed by atoms with Crippen LogP contribution in [-0.4, -0.2) is 40.0 Å². The van der Waals surface area contributed by atoms with E-state index in [0.717, 1.165) is 5.56 Å². The van der Waals surface area contributed by atoms with Crippen LogP contribution in [0.2, 0.25) is 0 Å². The highest BCUT2D eigenvalue weighted by atomic mass is 32.2. The van der Waals surface area contributed by atoms with Crippen LogP contribution in [-0.2, 0) is 19.0 Å². The molecule has 96 valence electrons. The summed E-state index contributed by atoms with van der Waals surface area (Å²) in [6.07, 6.45) is -0.958. The zero-order chi connectivity index (χ0) is 12.9. The second kappa shape index (κ2) is 6.11. The first-order valence-electron chi connectivity index (χ1n) is 5.09. The fourth-order valence-corrected chi connectivity index (χ4v) is 2.12. The summed E-state index contributed by atoms with van der Waals surface area (Å²) >= 11 is 0. The first-order valence-corrected chi connectivity index (χ1v) is 6.49. The third kappa shape index (κ3) is 4.43. The number of rotatable bonds is 6. The van der Waals surface area contributed by atoms with Crippen LogP contribution in [0.25, 0.3) is 0 Å². The lowest BCUT2D eigenvalue weighted by molar-refractivity contribution is 0.0342. The monoisotopic (exact) mass is 260 g/mol. The van der Waals surface area contributed by atoms with E-state index in [2.05, 4.69) is 4.74 Å². The van der Waals surface area contributed by atoms with Crippen molar-refractivity contribution in [1.82, 2.24) is 0 Å². The van der Waals surface area contributed by atoms with E-state index >= 15 is 0 Å². The van der Waals surface area contributed by atoms with Gasteiger partial charge in [-0.1, -0.05) is 17.7 Å². The summed E-state index contributed by atoms with van der Waals surface area (Å²) in [6, 6.07) is 6.30. The molecule has 0 unspecified atom stereocenters. The molecule has 6 heteroatoms. The van der Waals surface area contributed by atoms with E-state index in [1.54, 1.807) is 12.1 Å². The highest BCUT2D eigenvalue weighted by Crippen LogP contribution is 2.13. The highest BCUT2D eigenvalue weighted by molar-refractivity contribution is 7.86. The van der Waals surface area contributed by atoms with Crippen LogP contribution in [0.5, 0.6) is 0 Å². The van der Waals surface area contributed by atoms with Crippen molar-refractivity contribution in [3.05, 3.63) is 29.8 Å². The van der Waals surface area contributed by atoms with Gasteiger partial charge < -0.3 is 9.84 Å². The first kappa shape index (κ1) is 14.1. The zero-order valence-electron chi connectivity index (χ0n) is 9.79. The van der Waals surface area contributed by atoms with Crippen molar-refractivity contribution in [2.45, 2.75) is 17.9 Å². The van der Waals surface area contributed by atoms with Crippen LogP contribution in [0.3, 0.4) is 0 Å². The Morgan fingerprint density at radius 3 is 2.35 bits per heavy atom. The fourth-order valence-electron chi connectivity index (χ4n) is 1.18. The van der Waals surface area contributed by atoms with Crippen molar-refractivity contribution >= 4 is 10.1 Å². The maximum atomic E-state index is 11.7. The van der Waals surface area contributed by atoms with Crippen molar-refractivity contribution in [3.8, 4) is 0 Å². The Bertz CT molecular complexity index is 437. The van der Waals surface area contributed by atoms with Gasteiger partial charge in [0.05, 0.1) is 18.1 Å². The lowest BCUT2D eigenvalue weighted by atomic mass is 10.2. The molecule has 1 atom stereocenters. The van der Waals surface area contributed by atoms with Crippen LogP contribution in [0, 0.1) is 6.92 Å². The number of hydrogen-bond acceptors (Lipinski definition) is 5. The predicted octanol–water partition coefficient (Wildman–Crippen LogP) is 0.708. The quantitative estimate of drug-likeness (QED) is 0.762. The van der Waals surface area contributed by atoms with Gasteiger partial charge in [-0.25, -0.2) is 0 Å². The molecule has 1 rings (SSSR count). The van der Waals surface area contributed by atoms with Crippen molar-refractivity contribution < 1.29 is 22.4 Å². The van der Waals surface area contributed by atoms with Gasteiger partial charge in [0.15, 0.2) is 0 Å². The Hall–Kier alpha value is -0.950. The molecular weight excluding hydrogens is 244 g/mol. The van der Waals surface area contributed by atoms with E-state index in [1.165, 1.54) is 19.2 Å². The second-order valence-electron chi connectivity index (χ2n) is 3.66. The van der Waals surface area contributed by atoms with E-state index < -0.39 is 16.2 Å². The molecule has 1 aromatic rings. The van der Waals surface area contributed by atoms with Crippen molar-refractivity contribution in [2.24, 2.45) is 0 Å². The predicted molar refractivity (Wildman–Crippen MR) is 62.2 cm³/mol. The maximum Gasteiger partial charge on any atom is 0.297 e. The number of aryl methyl sites for hydroxylation is 1. The average molecular weight is 260 g/mol. The standard InChI is InChI=1S/C11H16O5S/c1-9-3-5-11(6-4-9)17(13,14)16-8-10(12)7-15-2/h3-6,10,12H,7-8H2,1-2H3/t10-/m1/s1. The minimum absolute atomic E-state index is 0.0312. The van der Waals surface area contributed by atoms with Crippen LogP contribution < -0.4 is 0 Å². The van der Waals surface area contributed by atoms with Crippen LogP contribution in [0.15, 0.2) is 29.2 Å². The first-order chi connectivity index (χ1) is 7.95. The minimum atomic E-state index is -3.81. The summed E-state index contributed by atoms with van der Waals surface area (Å²) in [5.41, 5.74) is 0.961. The maximum absolute atomic E-state index is 11.7. The molecule has 0 bridgehead atoms. The smallest absolute Gasteiger partial charge is 0.297 e. The molecule has 0 saturated heterocycles. The van der Waals surface area contributed by atoms with Gasteiger partial charge >= 0.3 is 0 Å². The molecule has 0 amide bonds. The fraction of sp³-hybridized carbons (Fsp3) is 0.455. The normalized spacial score (nSPS) is 13.6. The topological polar surface area (TPSA) is 72.8 Å². The SMILES string of the molecule is COC[C@@H](O)COS(=O)(=O)c1ccc(C)cc1. The number of ether oxygens (including phenoxy) is 1. The molecule has 0 aliphatic rings. The highest BCUT2D eigenvalue weighted by Gasteiger charge is 2.17.